The molecule has 0 amide bonds. The fraction of sp³-hybridized carbons (Fsp3) is 0.500. The molecular formula is C12H16ClNS. The second kappa shape index (κ2) is 6.17. The van der Waals surface area contributed by atoms with Gasteiger partial charge in [-0.15, -0.1) is 23.7 Å². The van der Waals surface area contributed by atoms with Gasteiger partial charge in [0.1, 0.15) is 0 Å². The van der Waals surface area contributed by atoms with Crippen LogP contribution in [0.2, 0.25) is 5.02 Å². The molecule has 15 heavy (non-hydrogen) atoms. The van der Waals surface area contributed by atoms with Gasteiger partial charge in [-0.1, -0.05) is 18.5 Å². The maximum Gasteiger partial charge on any atom is 0.0590 e. The first-order valence-electron chi connectivity index (χ1n) is 5.11. The Morgan fingerprint density at radius 2 is 2.40 bits per heavy atom. The minimum absolute atomic E-state index is 0.209. The van der Waals surface area contributed by atoms with Gasteiger partial charge in [-0.3, -0.25) is 0 Å². The van der Waals surface area contributed by atoms with E-state index in [0.29, 0.717) is 6.42 Å². The SMILES string of the molecule is C#CCC(NCCC)c1scc(C)c1Cl. The number of nitrogens with one attached hydrogen (secondary N) is 1. The van der Waals surface area contributed by atoms with E-state index in [1.807, 2.05) is 6.92 Å². The summed E-state index contributed by atoms with van der Waals surface area (Å²) in [6, 6.07) is 0.209. The largest absolute Gasteiger partial charge is 0.308 e. The summed E-state index contributed by atoms with van der Waals surface area (Å²) < 4.78 is 0. The predicted octanol–water partition coefficient (Wildman–Crippen LogP) is 3.77. The van der Waals surface area contributed by atoms with Gasteiger partial charge in [0.15, 0.2) is 0 Å². The zero-order valence-corrected chi connectivity index (χ0v) is 10.7. The maximum absolute atomic E-state index is 6.22. The van der Waals surface area contributed by atoms with Crippen molar-refractivity contribution >= 4 is 22.9 Å². The number of hydrogen-bond donors (Lipinski definition) is 1. The monoisotopic (exact) mass is 241 g/mol. The Bertz CT molecular complexity index is 351. The molecule has 0 spiro atoms. The van der Waals surface area contributed by atoms with Crippen molar-refractivity contribution in [3.05, 3.63) is 20.8 Å². The average molecular weight is 242 g/mol. The molecule has 0 fully saturated rings. The van der Waals surface area contributed by atoms with Crippen LogP contribution in [-0.2, 0) is 0 Å². The summed E-state index contributed by atoms with van der Waals surface area (Å²) >= 11 is 7.90. The van der Waals surface area contributed by atoms with Crippen molar-refractivity contribution in [1.82, 2.24) is 5.32 Å². The highest BCUT2D eigenvalue weighted by Gasteiger charge is 2.16. The minimum atomic E-state index is 0.209. The van der Waals surface area contributed by atoms with Gasteiger partial charge in [-0.05, 0) is 30.8 Å². The molecule has 1 N–H and O–H groups in total. The van der Waals surface area contributed by atoms with Crippen LogP contribution in [0.15, 0.2) is 5.38 Å². The van der Waals surface area contributed by atoms with Crippen LogP contribution >= 0.6 is 22.9 Å². The van der Waals surface area contributed by atoms with Crippen molar-refractivity contribution in [3.63, 3.8) is 0 Å². The summed E-state index contributed by atoms with van der Waals surface area (Å²) in [5.74, 6) is 2.70. The quantitative estimate of drug-likeness (QED) is 0.774. The topological polar surface area (TPSA) is 12.0 Å². The van der Waals surface area contributed by atoms with E-state index in [2.05, 4.69) is 23.5 Å². The molecule has 0 saturated heterocycles. The predicted molar refractivity (Wildman–Crippen MR) is 68.6 cm³/mol. The molecule has 0 aliphatic carbocycles. The third-order valence-corrected chi connectivity index (χ3v) is 4.03. The van der Waals surface area contributed by atoms with Gasteiger partial charge in [-0.25, -0.2) is 0 Å². The Morgan fingerprint density at radius 3 is 2.87 bits per heavy atom. The van der Waals surface area contributed by atoms with Gasteiger partial charge < -0.3 is 5.32 Å². The maximum atomic E-state index is 6.22. The number of rotatable bonds is 5. The Balaban J connectivity index is 2.79. The van der Waals surface area contributed by atoms with Crippen LogP contribution < -0.4 is 5.32 Å². The van der Waals surface area contributed by atoms with E-state index in [-0.39, 0.29) is 6.04 Å². The van der Waals surface area contributed by atoms with E-state index >= 15 is 0 Å². The number of thiophene rings is 1. The molecule has 0 aliphatic heterocycles. The molecule has 0 aromatic carbocycles. The Kier molecular flexibility index (Phi) is 5.17. The zero-order valence-electron chi connectivity index (χ0n) is 9.14. The Labute approximate surface area is 101 Å². The van der Waals surface area contributed by atoms with Crippen LogP contribution in [0.25, 0.3) is 0 Å². The van der Waals surface area contributed by atoms with Crippen molar-refractivity contribution in [3.8, 4) is 12.3 Å². The van der Waals surface area contributed by atoms with E-state index in [0.717, 1.165) is 23.6 Å². The van der Waals surface area contributed by atoms with Gasteiger partial charge in [-0.2, -0.15) is 0 Å². The zero-order chi connectivity index (χ0) is 11.3. The Hall–Kier alpha value is -0.490. The molecule has 1 unspecified atom stereocenters. The molecule has 1 atom stereocenters. The smallest absolute Gasteiger partial charge is 0.0590 e. The number of halogens is 1. The number of hydrogen-bond acceptors (Lipinski definition) is 2. The molecule has 1 rings (SSSR count). The van der Waals surface area contributed by atoms with Crippen molar-refractivity contribution < 1.29 is 0 Å². The molecule has 0 bridgehead atoms. The summed E-state index contributed by atoms with van der Waals surface area (Å²) in [6.45, 7) is 5.13. The van der Waals surface area contributed by atoms with E-state index in [4.69, 9.17) is 18.0 Å². The number of aryl methyl sites for hydroxylation is 1. The lowest BCUT2D eigenvalue weighted by Gasteiger charge is -2.14. The lowest BCUT2D eigenvalue weighted by molar-refractivity contribution is 0.550. The summed E-state index contributed by atoms with van der Waals surface area (Å²) in [5, 5.41) is 6.37. The second-order valence-corrected chi connectivity index (χ2v) is 4.80. The first-order valence-corrected chi connectivity index (χ1v) is 6.36. The number of terminal acetylenes is 1. The van der Waals surface area contributed by atoms with Crippen LogP contribution in [0.5, 0.6) is 0 Å². The van der Waals surface area contributed by atoms with Gasteiger partial charge in [0.25, 0.3) is 0 Å². The summed E-state index contributed by atoms with van der Waals surface area (Å²) in [4.78, 5) is 1.17. The van der Waals surface area contributed by atoms with Gasteiger partial charge in [0.2, 0.25) is 0 Å². The normalized spacial score (nSPS) is 12.4. The van der Waals surface area contributed by atoms with Gasteiger partial charge >= 0.3 is 0 Å². The van der Waals surface area contributed by atoms with E-state index in [1.165, 1.54) is 4.88 Å². The molecule has 0 saturated carbocycles. The molecular weight excluding hydrogens is 226 g/mol. The molecule has 82 valence electrons. The molecule has 0 radical (unpaired) electrons. The highest BCUT2D eigenvalue weighted by molar-refractivity contribution is 7.10. The Morgan fingerprint density at radius 1 is 1.67 bits per heavy atom. The van der Waals surface area contributed by atoms with E-state index < -0.39 is 0 Å². The van der Waals surface area contributed by atoms with Crippen LogP contribution in [0.3, 0.4) is 0 Å². The highest BCUT2D eigenvalue weighted by atomic mass is 35.5. The summed E-state index contributed by atoms with van der Waals surface area (Å²) in [5.41, 5.74) is 1.14. The van der Waals surface area contributed by atoms with Crippen molar-refractivity contribution in [2.24, 2.45) is 0 Å². The van der Waals surface area contributed by atoms with Crippen LogP contribution in [0, 0.1) is 19.3 Å². The highest BCUT2D eigenvalue weighted by Crippen LogP contribution is 2.33. The summed E-state index contributed by atoms with van der Waals surface area (Å²) in [6.07, 6.45) is 7.16. The van der Waals surface area contributed by atoms with Crippen LogP contribution in [0.4, 0.5) is 0 Å². The third-order valence-electron chi connectivity index (χ3n) is 2.20. The first kappa shape index (κ1) is 12.6. The van der Waals surface area contributed by atoms with Gasteiger partial charge in [0.05, 0.1) is 11.1 Å². The average Bonchev–Trinajstić information content (AvgIpc) is 2.55. The molecule has 1 aromatic rings. The van der Waals surface area contributed by atoms with Crippen molar-refractivity contribution in [1.29, 1.82) is 0 Å². The van der Waals surface area contributed by atoms with Crippen molar-refractivity contribution in [2.75, 3.05) is 6.54 Å². The molecule has 1 heterocycles. The third kappa shape index (κ3) is 3.24. The van der Waals surface area contributed by atoms with Crippen LogP contribution in [-0.4, -0.2) is 6.54 Å². The second-order valence-electron chi connectivity index (χ2n) is 3.51. The standard InChI is InChI=1S/C12H16ClNS/c1-4-6-10(14-7-5-2)12-11(13)9(3)8-15-12/h1,8,10,14H,5-7H2,2-3H3. The van der Waals surface area contributed by atoms with Crippen LogP contribution in [0.1, 0.15) is 36.2 Å². The molecule has 1 nitrogen and oxygen atoms in total. The molecule has 1 aromatic heterocycles. The minimum Gasteiger partial charge on any atom is -0.308 e. The fourth-order valence-electron chi connectivity index (χ4n) is 1.38. The van der Waals surface area contributed by atoms with Gasteiger partial charge in [0, 0.05) is 11.3 Å². The lowest BCUT2D eigenvalue weighted by atomic mass is 10.1. The molecule has 0 aliphatic rings. The van der Waals surface area contributed by atoms with E-state index in [1.54, 1.807) is 11.3 Å². The molecule has 3 heteroatoms. The lowest BCUT2D eigenvalue weighted by Crippen LogP contribution is -2.21. The summed E-state index contributed by atoms with van der Waals surface area (Å²) in [7, 11) is 0. The first-order chi connectivity index (χ1) is 7.20. The fourth-order valence-corrected chi connectivity index (χ4v) is 2.78. The van der Waals surface area contributed by atoms with E-state index in [9.17, 15) is 0 Å². The van der Waals surface area contributed by atoms with Crippen molar-refractivity contribution in [2.45, 2.75) is 32.7 Å².